The number of alkyl halides is 1. The first-order chi connectivity index (χ1) is 9.54. The fraction of sp³-hybridized carbons (Fsp3) is 0.294. The van der Waals surface area contributed by atoms with Gasteiger partial charge in [-0.15, -0.1) is 0 Å². The summed E-state index contributed by atoms with van der Waals surface area (Å²) in [6.45, 7) is 4.32. The average Bonchev–Trinajstić information content (AvgIpc) is 2.48. The van der Waals surface area contributed by atoms with E-state index in [1.807, 2.05) is 12.1 Å². The summed E-state index contributed by atoms with van der Waals surface area (Å²) in [5.74, 6) is -1.10. The van der Waals surface area contributed by atoms with Crippen LogP contribution in [0.4, 0.5) is 8.78 Å². The summed E-state index contributed by atoms with van der Waals surface area (Å²) < 4.78 is 27.1. The molecule has 0 bridgehead atoms. The van der Waals surface area contributed by atoms with Crippen LogP contribution in [0.3, 0.4) is 0 Å². The van der Waals surface area contributed by atoms with E-state index in [-0.39, 0.29) is 4.83 Å². The van der Waals surface area contributed by atoms with E-state index in [1.54, 1.807) is 6.07 Å². The van der Waals surface area contributed by atoms with Crippen molar-refractivity contribution in [2.75, 3.05) is 0 Å². The van der Waals surface area contributed by atoms with E-state index in [9.17, 15) is 8.78 Å². The SMILES string of the molecule is CCC(C)c1ccc(C(Br)c2cccc(F)c2F)cc1. The summed E-state index contributed by atoms with van der Waals surface area (Å²) in [6, 6.07) is 12.3. The first kappa shape index (κ1) is 15.2. The van der Waals surface area contributed by atoms with Gasteiger partial charge in [-0.25, -0.2) is 8.78 Å². The summed E-state index contributed by atoms with van der Waals surface area (Å²) in [4.78, 5) is -0.343. The highest BCUT2D eigenvalue weighted by molar-refractivity contribution is 9.09. The maximum Gasteiger partial charge on any atom is 0.163 e. The topological polar surface area (TPSA) is 0 Å². The molecular weight excluding hydrogens is 322 g/mol. The van der Waals surface area contributed by atoms with E-state index < -0.39 is 11.6 Å². The van der Waals surface area contributed by atoms with Crippen LogP contribution in [0.5, 0.6) is 0 Å². The van der Waals surface area contributed by atoms with Gasteiger partial charge >= 0.3 is 0 Å². The molecule has 106 valence electrons. The molecule has 0 amide bonds. The van der Waals surface area contributed by atoms with E-state index in [1.165, 1.54) is 11.6 Å². The van der Waals surface area contributed by atoms with Crippen molar-refractivity contribution in [3.8, 4) is 0 Å². The van der Waals surface area contributed by atoms with Gasteiger partial charge in [-0.3, -0.25) is 0 Å². The second kappa shape index (κ2) is 6.49. The lowest BCUT2D eigenvalue weighted by molar-refractivity contribution is 0.500. The molecule has 3 heteroatoms. The Morgan fingerprint density at radius 3 is 2.20 bits per heavy atom. The third-order valence-electron chi connectivity index (χ3n) is 3.67. The zero-order valence-corrected chi connectivity index (χ0v) is 13.1. The van der Waals surface area contributed by atoms with E-state index in [4.69, 9.17) is 0 Å². The fourth-order valence-electron chi connectivity index (χ4n) is 2.12. The molecular formula is C17H17BrF2. The van der Waals surface area contributed by atoms with Gasteiger partial charge in [0.25, 0.3) is 0 Å². The van der Waals surface area contributed by atoms with Crippen molar-refractivity contribution in [3.63, 3.8) is 0 Å². The molecule has 0 aromatic heterocycles. The Hall–Kier alpha value is -1.22. The molecule has 0 aliphatic heterocycles. The van der Waals surface area contributed by atoms with Gasteiger partial charge in [-0.05, 0) is 29.5 Å². The van der Waals surface area contributed by atoms with Crippen LogP contribution in [0.15, 0.2) is 42.5 Å². The molecule has 0 radical (unpaired) electrons. The first-order valence-corrected chi connectivity index (χ1v) is 7.64. The highest BCUT2D eigenvalue weighted by Gasteiger charge is 2.17. The average molecular weight is 339 g/mol. The summed E-state index contributed by atoms with van der Waals surface area (Å²) in [6.07, 6.45) is 1.08. The van der Waals surface area contributed by atoms with Gasteiger partial charge in [-0.2, -0.15) is 0 Å². The van der Waals surface area contributed by atoms with Gasteiger partial charge in [-0.1, -0.05) is 66.2 Å². The molecule has 0 fully saturated rings. The maximum atomic E-state index is 13.8. The molecule has 0 saturated heterocycles. The van der Waals surface area contributed by atoms with Gasteiger partial charge in [0.2, 0.25) is 0 Å². The van der Waals surface area contributed by atoms with Crippen LogP contribution in [0.1, 0.15) is 47.7 Å². The van der Waals surface area contributed by atoms with Gasteiger partial charge in [0.05, 0.1) is 4.83 Å². The van der Waals surface area contributed by atoms with Crippen LogP contribution in [-0.2, 0) is 0 Å². The molecule has 2 aromatic carbocycles. The molecule has 0 nitrogen and oxygen atoms in total. The van der Waals surface area contributed by atoms with Crippen LogP contribution in [0, 0.1) is 11.6 Å². The number of benzene rings is 2. The lowest BCUT2D eigenvalue weighted by Gasteiger charge is -2.14. The maximum absolute atomic E-state index is 13.8. The quantitative estimate of drug-likeness (QED) is 0.603. The molecule has 2 rings (SSSR count). The smallest absolute Gasteiger partial charge is 0.163 e. The molecule has 0 aliphatic carbocycles. The van der Waals surface area contributed by atoms with Gasteiger partial charge in [0.15, 0.2) is 11.6 Å². The normalized spacial score (nSPS) is 14.1. The van der Waals surface area contributed by atoms with Crippen molar-refractivity contribution in [1.29, 1.82) is 0 Å². The Balaban J connectivity index is 2.29. The van der Waals surface area contributed by atoms with Gasteiger partial charge < -0.3 is 0 Å². The standard InChI is InChI=1S/C17H17BrF2/c1-3-11(2)12-7-9-13(10-8-12)16(18)14-5-4-6-15(19)17(14)20/h4-11,16H,3H2,1-2H3. The summed E-state index contributed by atoms with van der Waals surface area (Å²) in [5.41, 5.74) is 2.50. The minimum absolute atomic E-state index is 0.321. The zero-order chi connectivity index (χ0) is 14.7. The lowest BCUT2D eigenvalue weighted by Crippen LogP contribution is -1.99. The van der Waals surface area contributed by atoms with Crippen LogP contribution in [0.25, 0.3) is 0 Å². The Kier molecular flexibility index (Phi) is 4.92. The molecule has 0 heterocycles. The van der Waals surface area contributed by atoms with Gasteiger partial charge in [0.1, 0.15) is 0 Å². The molecule has 0 N–H and O–H groups in total. The second-order valence-electron chi connectivity index (χ2n) is 4.98. The largest absolute Gasteiger partial charge is 0.204 e. The van der Waals surface area contributed by atoms with Crippen molar-refractivity contribution < 1.29 is 8.78 Å². The Morgan fingerprint density at radius 1 is 1.00 bits per heavy atom. The van der Waals surface area contributed by atoms with E-state index in [0.29, 0.717) is 11.5 Å². The number of hydrogen-bond acceptors (Lipinski definition) is 0. The number of halogens is 3. The van der Waals surface area contributed by atoms with E-state index in [0.717, 1.165) is 18.1 Å². The van der Waals surface area contributed by atoms with Gasteiger partial charge in [0, 0.05) is 5.56 Å². The van der Waals surface area contributed by atoms with Crippen molar-refractivity contribution in [2.45, 2.75) is 31.0 Å². The van der Waals surface area contributed by atoms with Crippen molar-refractivity contribution in [1.82, 2.24) is 0 Å². The van der Waals surface area contributed by atoms with Crippen molar-refractivity contribution in [3.05, 3.63) is 70.8 Å². The van der Waals surface area contributed by atoms with Crippen LogP contribution < -0.4 is 0 Å². The predicted molar refractivity (Wildman–Crippen MR) is 82.3 cm³/mol. The van der Waals surface area contributed by atoms with Crippen molar-refractivity contribution >= 4 is 15.9 Å². The van der Waals surface area contributed by atoms with E-state index >= 15 is 0 Å². The highest BCUT2D eigenvalue weighted by Crippen LogP contribution is 2.33. The first-order valence-electron chi connectivity index (χ1n) is 6.72. The van der Waals surface area contributed by atoms with Crippen LogP contribution in [0.2, 0.25) is 0 Å². The Labute approximate surface area is 127 Å². The summed E-state index contributed by atoms with van der Waals surface area (Å²) in [7, 11) is 0. The minimum Gasteiger partial charge on any atom is -0.204 e. The van der Waals surface area contributed by atoms with Crippen LogP contribution >= 0.6 is 15.9 Å². The summed E-state index contributed by atoms with van der Waals surface area (Å²) in [5, 5.41) is 0. The summed E-state index contributed by atoms with van der Waals surface area (Å²) >= 11 is 3.45. The van der Waals surface area contributed by atoms with E-state index in [2.05, 4.69) is 41.9 Å². The molecule has 0 saturated carbocycles. The molecule has 2 atom stereocenters. The van der Waals surface area contributed by atoms with Crippen molar-refractivity contribution in [2.24, 2.45) is 0 Å². The molecule has 20 heavy (non-hydrogen) atoms. The predicted octanol–water partition coefficient (Wildman–Crippen LogP) is 5.96. The molecule has 0 aliphatic rings. The molecule has 0 spiro atoms. The number of hydrogen-bond donors (Lipinski definition) is 0. The Bertz CT molecular complexity index is 578. The zero-order valence-electron chi connectivity index (χ0n) is 11.5. The minimum atomic E-state index is -0.817. The monoisotopic (exact) mass is 338 g/mol. The highest BCUT2D eigenvalue weighted by atomic mass is 79.9. The third-order valence-corrected chi connectivity index (χ3v) is 4.69. The third kappa shape index (κ3) is 3.09. The molecule has 2 unspecified atom stereocenters. The number of rotatable bonds is 4. The molecule has 2 aromatic rings. The lowest BCUT2D eigenvalue weighted by atomic mass is 9.96. The van der Waals surface area contributed by atoms with Crippen LogP contribution in [-0.4, -0.2) is 0 Å². The fourth-order valence-corrected chi connectivity index (χ4v) is 2.78. The Morgan fingerprint density at radius 2 is 1.60 bits per heavy atom. The second-order valence-corrected chi connectivity index (χ2v) is 5.90.